The van der Waals surface area contributed by atoms with Crippen LogP contribution in [0.2, 0.25) is 0 Å². The normalized spacial score (nSPS) is 15.4. The van der Waals surface area contributed by atoms with Gasteiger partial charge in [-0.15, -0.1) is 0 Å². The number of hydrogen-bond acceptors (Lipinski definition) is 2. The van der Waals surface area contributed by atoms with Crippen LogP contribution < -0.4 is 0 Å². The number of hydrogen-bond donors (Lipinski definition) is 0. The minimum Gasteiger partial charge on any atom is -0.465 e. The van der Waals surface area contributed by atoms with Crippen LogP contribution >= 0.6 is 0 Å². The van der Waals surface area contributed by atoms with E-state index in [1.165, 1.54) is 0 Å². The maximum Gasteiger partial charge on any atom is 0.316 e. The monoisotopic (exact) mass is 240 g/mol. The summed E-state index contributed by atoms with van der Waals surface area (Å²) in [5.74, 6) is 0.245. The molecule has 0 spiro atoms. The maximum atomic E-state index is 12.3. The van der Waals surface area contributed by atoms with Crippen molar-refractivity contribution in [1.82, 2.24) is 0 Å². The van der Waals surface area contributed by atoms with Crippen molar-refractivity contribution in [1.29, 1.82) is 0 Å². The zero-order chi connectivity index (χ0) is 13.9. The SMILES string of the molecule is CC(C)=CC(C)(C(=O)OCC(C)C)C(C)(C)C. The molecule has 0 fully saturated rings. The number of esters is 1. The first-order chi connectivity index (χ1) is 7.50. The highest BCUT2D eigenvalue weighted by molar-refractivity contribution is 5.79. The average Bonchev–Trinajstić information content (AvgIpc) is 2.10. The summed E-state index contributed by atoms with van der Waals surface area (Å²) < 4.78 is 5.41. The molecule has 0 radical (unpaired) electrons. The summed E-state index contributed by atoms with van der Waals surface area (Å²) in [6.07, 6.45) is 2.02. The molecule has 100 valence electrons. The van der Waals surface area contributed by atoms with Crippen LogP contribution in [0.15, 0.2) is 11.6 Å². The Hall–Kier alpha value is -0.790. The molecule has 0 saturated carbocycles. The van der Waals surface area contributed by atoms with Crippen molar-refractivity contribution in [2.24, 2.45) is 16.7 Å². The fourth-order valence-electron chi connectivity index (χ4n) is 1.55. The first-order valence-electron chi connectivity index (χ1n) is 6.34. The van der Waals surface area contributed by atoms with Gasteiger partial charge in [0.05, 0.1) is 12.0 Å². The van der Waals surface area contributed by atoms with Crippen LogP contribution in [0, 0.1) is 16.7 Å². The van der Waals surface area contributed by atoms with Crippen molar-refractivity contribution >= 4 is 5.97 Å². The zero-order valence-corrected chi connectivity index (χ0v) is 12.7. The summed E-state index contributed by atoms with van der Waals surface area (Å²) in [7, 11) is 0. The summed E-state index contributed by atoms with van der Waals surface area (Å²) in [6, 6.07) is 0. The summed E-state index contributed by atoms with van der Waals surface area (Å²) in [4.78, 5) is 12.3. The molecule has 0 amide bonds. The molecule has 0 bridgehead atoms. The van der Waals surface area contributed by atoms with Gasteiger partial charge in [0, 0.05) is 0 Å². The van der Waals surface area contributed by atoms with Crippen LogP contribution in [0.4, 0.5) is 0 Å². The van der Waals surface area contributed by atoms with Gasteiger partial charge in [-0.2, -0.15) is 0 Å². The molecule has 0 aromatic carbocycles. The van der Waals surface area contributed by atoms with Gasteiger partial charge in [0.2, 0.25) is 0 Å². The van der Waals surface area contributed by atoms with Crippen LogP contribution in [-0.4, -0.2) is 12.6 Å². The predicted molar refractivity (Wildman–Crippen MR) is 72.8 cm³/mol. The number of allylic oxidation sites excluding steroid dienone is 1. The van der Waals surface area contributed by atoms with E-state index in [1.807, 2.05) is 40.7 Å². The first-order valence-corrected chi connectivity index (χ1v) is 6.34. The zero-order valence-electron chi connectivity index (χ0n) is 12.7. The fraction of sp³-hybridized carbons (Fsp3) is 0.800. The highest BCUT2D eigenvalue weighted by atomic mass is 16.5. The van der Waals surface area contributed by atoms with E-state index in [-0.39, 0.29) is 11.4 Å². The molecule has 2 nitrogen and oxygen atoms in total. The molecule has 0 aliphatic heterocycles. The van der Waals surface area contributed by atoms with Crippen molar-refractivity contribution < 1.29 is 9.53 Å². The Balaban J connectivity index is 5.08. The molecule has 0 rings (SSSR count). The maximum absolute atomic E-state index is 12.3. The summed E-state index contributed by atoms with van der Waals surface area (Å²) >= 11 is 0. The van der Waals surface area contributed by atoms with E-state index >= 15 is 0 Å². The minimum atomic E-state index is -0.569. The van der Waals surface area contributed by atoms with E-state index in [9.17, 15) is 4.79 Å². The third-order valence-corrected chi connectivity index (χ3v) is 3.11. The highest BCUT2D eigenvalue weighted by Crippen LogP contribution is 2.41. The molecular formula is C15H28O2. The van der Waals surface area contributed by atoms with Crippen LogP contribution in [0.1, 0.15) is 55.4 Å². The standard InChI is InChI=1S/C15H28O2/c1-11(2)9-15(8,14(5,6)7)13(16)17-10-12(3)4/h9,12H,10H2,1-8H3. The lowest BCUT2D eigenvalue weighted by atomic mass is 9.67. The number of ether oxygens (including phenoxy) is 1. The molecular weight excluding hydrogens is 212 g/mol. The lowest BCUT2D eigenvalue weighted by Crippen LogP contribution is -2.40. The Bertz CT molecular complexity index is 291. The van der Waals surface area contributed by atoms with Gasteiger partial charge in [-0.1, -0.05) is 46.3 Å². The van der Waals surface area contributed by atoms with Gasteiger partial charge in [0.15, 0.2) is 0 Å². The number of rotatable bonds is 4. The summed E-state index contributed by atoms with van der Waals surface area (Å²) in [5.41, 5.74) is 0.419. The molecule has 0 aliphatic carbocycles. The van der Waals surface area contributed by atoms with Gasteiger partial charge in [-0.3, -0.25) is 4.79 Å². The number of carbonyl (C=O) groups is 1. The van der Waals surface area contributed by atoms with Crippen molar-refractivity contribution in [3.8, 4) is 0 Å². The first kappa shape index (κ1) is 16.2. The molecule has 1 atom stereocenters. The van der Waals surface area contributed by atoms with Crippen LogP contribution in [0.25, 0.3) is 0 Å². The lowest BCUT2D eigenvalue weighted by Gasteiger charge is -2.37. The fourth-order valence-corrected chi connectivity index (χ4v) is 1.55. The third-order valence-electron chi connectivity index (χ3n) is 3.11. The van der Waals surface area contributed by atoms with Crippen molar-refractivity contribution in [2.45, 2.75) is 55.4 Å². The Morgan fingerprint density at radius 2 is 1.65 bits per heavy atom. The van der Waals surface area contributed by atoms with Crippen LogP contribution in [0.3, 0.4) is 0 Å². The third kappa shape index (κ3) is 4.53. The molecule has 0 aromatic rings. The van der Waals surface area contributed by atoms with Gasteiger partial charge >= 0.3 is 5.97 Å². The molecule has 0 heterocycles. The molecule has 0 N–H and O–H groups in total. The molecule has 1 unspecified atom stereocenters. The smallest absolute Gasteiger partial charge is 0.316 e. The van der Waals surface area contributed by atoms with E-state index in [1.54, 1.807) is 0 Å². The molecule has 0 aliphatic rings. The Labute approximate surface area is 106 Å². The van der Waals surface area contributed by atoms with Gasteiger partial charge < -0.3 is 4.74 Å². The Morgan fingerprint density at radius 1 is 1.18 bits per heavy atom. The Morgan fingerprint density at radius 3 is 1.94 bits per heavy atom. The molecule has 0 aromatic heterocycles. The second-order valence-corrected chi connectivity index (χ2v) is 6.67. The van der Waals surface area contributed by atoms with Crippen molar-refractivity contribution in [2.75, 3.05) is 6.61 Å². The Kier molecular flexibility index (Phi) is 5.44. The van der Waals surface area contributed by atoms with Gasteiger partial charge in [-0.05, 0) is 32.1 Å². The average molecular weight is 240 g/mol. The highest BCUT2D eigenvalue weighted by Gasteiger charge is 2.43. The topological polar surface area (TPSA) is 26.3 Å². The minimum absolute atomic E-state index is 0.125. The van der Waals surface area contributed by atoms with Crippen molar-refractivity contribution in [3.63, 3.8) is 0 Å². The van der Waals surface area contributed by atoms with Gasteiger partial charge in [-0.25, -0.2) is 0 Å². The van der Waals surface area contributed by atoms with E-state index in [4.69, 9.17) is 4.74 Å². The van der Waals surface area contributed by atoms with E-state index < -0.39 is 5.41 Å². The van der Waals surface area contributed by atoms with Crippen molar-refractivity contribution in [3.05, 3.63) is 11.6 Å². The van der Waals surface area contributed by atoms with Crippen LogP contribution in [0.5, 0.6) is 0 Å². The molecule has 2 heteroatoms. The molecule has 17 heavy (non-hydrogen) atoms. The number of carbonyl (C=O) groups excluding carboxylic acids is 1. The second kappa shape index (κ2) is 5.70. The van der Waals surface area contributed by atoms with E-state index in [0.717, 1.165) is 5.57 Å². The van der Waals surface area contributed by atoms with Gasteiger partial charge in [0.25, 0.3) is 0 Å². The quantitative estimate of drug-likeness (QED) is 0.543. The van der Waals surface area contributed by atoms with E-state index in [2.05, 4.69) is 20.8 Å². The summed E-state index contributed by atoms with van der Waals surface area (Å²) in [6.45, 7) is 16.8. The summed E-state index contributed by atoms with van der Waals surface area (Å²) in [5, 5.41) is 0. The largest absolute Gasteiger partial charge is 0.465 e. The lowest BCUT2D eigenvalue weighted by molar-refractivity contribution is -0.158. The predicted octanol–water partition coefficient (Wildman–Crippen LogP) is 4.20. The van der Waals surface area contributed by atoms with Gasteiger partial charge in [0.1, 0.15) is 0 Å². The molecule has 0 saturated heterocycles. The van der Waals surface area contributed by atoms with Crippen LogP contribution in [-0.2, 0) is 9.53 Å². The second-order valence-electron chi connectivity index (χ2n) is 6.67. The van der Waals surface area contributed by atoms with E-state index in [0.29, 0.717) is 12.5 Å².